The molecule has 2 N–H and O–H groups in total. The van der Waals surface area contributed by atoms with E-state index in [0.29, 0.717) is 12.2 Å². The number of benzene rings is 10. The van der Waals surface area contributed by atoms with Crippen molar-refractivity contribution in [1.82, 2.24) is 0 Å². The van der Waals surface area contributed by atoms with Crippen molar-refractivity contribution in [3.8, 4) is 110 Å². The molecule has 0 saturated heterocycles. The van der Waals surface area contributed by atoms with Gasteiger partial charge in [-0.2, -0.15) is 0 Å². The van der Waals surface area contributed by atoms with E-state index in [1.165, 1.54) is 0 Å². The molecule has 0 atom stereocenters. The maximum atomic E-state index is 11.2. The van der Waals surface area contributed by atoms with Gasteiger partial charge < -0.3 is 14.9 Å². The van der Waals surface area contributed by atoms with E-state index in [1.54, 1.807) is 72.8 Å². The van der Waals surface area contributed by atoms with Crippen molar-refractivity contribution in [3.05, 3.63) is 314 Å². The number of hydrogen-bond acceptors (Lipinski definition) is 4. The summed E-state index contributed by atoms with van der Waals surface area (Å²) < 4.78 is 4.86. The fourth-order valence-corrected chi connectivity index (χ4v) is 8.21. The zero-order valence-electron chi connectivity index (χ0n) is 43.1. The van der Waals surface area contributed by atoms with Gasteiger partial charge in [0.1, 0.15) is 5.75 Å². The van der Waals surface area contributed by atoms with Crippen LogP contribution in [0, 0.1) is 71.0 Å². The molecule has 378 valence electrons. The molecular weight excluding hydrogens is 997 g/mol. The molecule has 0 unspecified atom stereocenters. The van der Waals surface area contributed by atoms with Gasteiger partial charge in [-0.25, -0.2) is 9.59 Å². The molecule has 0 spiro atoms. The number of rotatable bonds is 7. The topological polar surface area (TPSA) is 101 Å². The van der Waals surface area contributed by atoms with Gasteiger partial charge in [0.25, 0.3) is 6.47 Å². The van der Waals surface area contributed by atoms with Crippen molar-refractivity contribution in [3.63, 3.8) is 0 Å². The predicted octanol–water partition coefficient (Wildman–Crippen LogP) is 14.0. The van der Waals surface area contributed by atoms with E-state index in [9.17, 15) is 14.4 Å². The summed E-state index contributed by atoms with van der Waals surface area (Å²) in [5.74, 6) is 37.0. The molecule has 0 aliphatic rings. The molecule has 0 saturated carbocycles. The Kier molecular flexibility index (Phi) is 16.3. The van der Waals surface area contributed by atoms with Crippen LogP contribution in [-0.2, 0) is 4.79 Å². The molecule has 10 aromatic rings. The average molecular weight is 1040 g/mol. The molecule has 0 amide bonds. The molecule has 0 aliphatic heterocycles. The monoisotopic (exact) mass is 1040 g/mol. The quantitative estimate of drug-likeness (QED) is 0.122. The van der Waals surface area contributed by atoms with Crippen LogP contribution in [0.3, 0.4) is 0 Å². The Bertz CT molecular complexity index is 4170. The number of carboxylic acids is 2. The second-order valence-corrected chi connectivity index (χ2v) is 18.3. The fourth-order valence-electron chi connectivity index (χ4n) is 8.21. The zero-order valence-corrected chi connectivity index (χ0v) is 43.1. The third-order valence-corrected chi connectivity index (χ3v) is 12.7. The maximum absolute atomic E-state index is 11.2. The summed E-state index contributed by atoms with van der Waals surface area (Å²) in [4.78, 5) is 33.0. The van der Waals surface area contributed by atoms with Crippen molar-refractivity contribution >= 4 is 18.4 Å². The first-order chi connectivity index (χ1) is 39.6. The van der Waals surface area contributed by atoms with E-state index in [-0.39, 0.29) is 11.1 Å². The molecule has 6 nitrogen and oxygen atoms in total. The van der Waals surface area contributed by atoms with Crippen molar-refractivity contribution in [1.29, 1.82) is 0 Å². The van der Waals surface area contributed by atoms with Gasteiger partial charge in [-0.15, -0.1) is 0 Å². The molecular formula is C75H42O6. The summed E-state index contributed by atoms with van der Waals surface area (Å²) in [7, 11) is 0. The van der Waals surface area contributed by atoms with E-state index in [0.717, 1.165) is 100 Å². The average Bonchev–Trinajstić information content (AvgIpc) is 3.55. The standard InChI is InChI=1S/C75H42O6/c76-52-81-73-47-35-64(36-48-73)24-18-58-11-9-55(10-12-58)15-21-61-29-41-67(42-30-61)72-50-70(65-37-25-59(26-38-65)19-13-53-1-5-56(6-2-53)16-22-62-31-43-68(44-32-62)74(77)78)49-71(51-72)66-39-27-60(28-40-66)20-14-54-3-7-57(8-4-54)17-23-63-33-45-69(46-34-63)75(79)80/h1-12,25-52H,(H,77,78)(H,79,80). The van der Waals surface area contributed by atoms with E-state index in [4.69, 9.17) is 14.9 Å². The van der Waals surface area contributed by atoms with E-state index in [2.05, 4.69) is 126 Å². The van der Waals surface area contributed by atoms with Gasteiger partial charge in [0, 0.05) is 66.8 Å². The first-order valence-corrected chi connectivity index (χ1v) is 25.4. The van der Waals surface area contributed by atoms with Crippen LogP contribution in [0.1, 0.15) is 87.5 Å². The Morgan fingerprint density at radius 3 is 0.617 bits per heavy atom. The van der Waals surface area contributed by atoms with Gasteiger partial charge in [-0.05, 0) is 234 Å². The highest BCUT2D eigenvalue weighted by Gasteiger charge is 2.09. The lowest BCUT2D eigenvalue weighted by Gasteiger charge is -2.12. The van der Waals surface area contributed by atoms with E-state index < -0.39 is 11.9 Å². The van der Waals surface area contributed by atoms with Crippen LogP contribution in [0.5, 0.6) is 5.75 Å². The van der Waals surface area contributed by atoms with E-state index >= 15 is 0 Å². The van der Waals surface area contributed by atoms with Crippen molar-refractivity contribution in [2.45, 2.75) is 0 Å². The van der Waals surface area contributed by atoms with Crippen LogP contribution in [0.2, 0.25) is 0 Å². The number of hydrogen-bond donors (Lipinski definition) is 2. The predicted molar refractivity (Wildman–Crippen MR) is 318 cm³/mol. The highest BCUT2D eigenvalue weighted by atomic mass is 16.5. The number of aromatic carboxylic acids is 2. The summed E-state index contributed by atoms with van der Waals surface area (Å²) in [5.41, 5.74) is 16.7. The first kappa shape index (κ1) is 52.4. The number of carboxylic acid groups (broad SMARTS) is 2. The van der Waals surface area contributed by atoms with Gasteiger partial charge in [0.15, 0.2) is 0 Å². The summed E-state index contributed by atoms with van der Waals surface area (Å²) in [6.45, 7) is 0.398. The van der Waals surface area contributed by atoms with Crippen molar-refractivity contribution in [2.75, 3.05) is 0 Å². The molecule has 10 rings (SSSR count). The first-order valence-electron chi connectivity index (χ1n) is 25.4. The number of carbonyl (C=O) groups excluding carboxylic acids is 1. The van der Waals surface area contributed by atoms with Gasteiger partial charge in [-0.1, -0.05) is 107 Å². The van der Waals surface area contributed by atoms with Gasteiger partial charge in [-0.3, -0.25) is 4.79 Å². The largest absolute Gasteiger partial charge is 0.478 e. The summed E-state index contributed by atoms with van der Waals surface area (Å²) in [6.07, 6.45) is 0. The molecule has 0 bridgehead atoms. The Labute approximate surface area is 470 Å². The summed E-state index contributed by atoms with van der Waals surface area (Å²) in [5, 5.41) is 18.3. The van der Waals surface area contributed by atoms with Crippen LogP contribution in [0.25, 0.3) is 33.4 Å². The Hall–Kier alpha value is -12.0. The minimum absolute atomic E-state index is 0.222. The van der Waals surface area contributed by atoms with Crippen molar-refractivity contribution in [2.24, 2.45) is 0 Å². The Balaban J connectivity index is 0.862. The summed E-state index contributed by atoms with van der Waals surface area (Å²) >= 11 is 0. The minimum Gasteiger partial charge on any atom is -0.478 e. The summed E-state index contributed by atoms with van der Waals surface area (Å²) in [6, 6.07) is 74.6. The van der Waals surface area contributed by atoms with Crippen LogP contribution >= 0.6 is 0 Å². The maximum Gasteiger partial charge on any atom is 0.335 e. The van der Waals surface area contributed by atoms with Gasteiger partial charge in [0.05, 0.1) is 11.1 Å². The lowest BCUT2D eigenvalue weighted by atomic mass is 9.92. The molecule has 0 aromatic heterocycles. The third-order valence-electron chi connectivity index (χ3n) is 12.7. The second-order valence-electron chi connectivity index (χ2n) is 18.3. The van der Waals surface area contributed by atoms with Crippen LogP contribution in [-0.4, -0.2) is 28.6 Å². The van der Waals surface area contributed by atoms with Crippen molar-refractivity contribution < 1.29 is 29.3 Å². The van der Waals surface area contributed by atoms with Crippen LogP contribution in [0.15, 0.2) is 237 Å². The van der Waals surface area contributed by atoms with Crippen LogP contribution < -0.4 is 4.74 Å². The molecule has 0 aliphatic carbocycles. The zero-order chi connectivity index (χ0) is 55.8. The number of ether oxygens (including phenoxy) is 1. The lowest BCUT2D eigenvalue weighted by Crippen LogP contribution is -1.94. The lowest BCUT2D eigenvalue weighted by molar-refractivity contribution is -0.120. The second kappa shape index (κ2) is 25.2. The highest BCUT2D eigenvalue weighted by Crippen LogP contribution is 2.33. The molecule has 81 heavy (non-hydrogen) atoms. The molecule has 0 heterocycles. The highest BCUT2D eigenvalue weighted by molar-refractivity contribution is 5.88. The fraction of sp³-hybridized carbons (Fsp3) is 0. The van der Waals surface area contributed by atoms with E-state index in [1.807, 2.05) is 109 Å². The SMILES string of the molecule is O=COc1ccc(C#Cc2ccc(C#Cc3ccc(-c4cc(-c5ccc(C#Cc6ccc(C#Cc7ccc(C(=O)O)cc7)cc6)cc5)cc(-c5ccc(C#Cc6ccc(C#Cc7ccc(C(=O)O)cc7)cc6)cc5)c4)cc3)cc2)cc1. The Morgan fingerprint density at radius 1 is 0.259 bits per heavy atom. The molecule has 0 fully saturated rings. The Morgan fingerprint density at radius 2 is 0.432 bits per heavy atom. The normalized spacial score (nSPS) is 9.88. The smallest absolute Gasteiger partial charge is 0.335 e. The number of carbonyl (C=O) groups is 3. The minimum atomic E-state index is -0.971. The molecule has 10 aromatic carbocycles. The van der Waals surface area contributed by atoms with Gasteiger partial charge in [0.2, 0.25) is 0 Å². The molecule has 6 heteroatoms. The van der Waals surface area contributed by atoms with Crippen LogP contribution in [0.4, 0.5) is 0 Å². The third kappa shape index (κ3) is 14.5. The molecule has 0 radical (unpaired) electrons. The van der Waals surface area contributed by atoms with Gasteiger partial charge >= 0.3 is 11.9 Å².